The summed E-state index contributed by atoms with van der Waals surface area (Å²) in [5.74, 6) is -6.32. The fourth-order valence-corrected chi connectivity index (χ4v) is 8.08. The molecule has 306 valence electrons. The second-order valence-electron chi connectivity index (χ2n) is 15.7. The lowest BCUT2D eigenvalue weighted by Crippen LogP contribution is -2.62. The molecule has 16 heteroatoms. The number of fused-ring (bicyclic) bond motifs is 3. The lowest BCUT2D eigenvalue weighted by molar-refractivity contribution is -0.158. The molecular formula is C40H54F2N6O8. The topological polar surface area (TPSA) is 175 Å². The van der Waals surface area contributed by atoms with E-state index in [-0.39, 0.29) is 56.3 Å². The van der Waals surface area contributed by atoms with Crippen molar-refractivity contribution in [3.63, 3.8) is 0 Å². The molecule has 0 spiro atoms. The predicted molar refractivity (Wildman–Crippen MR) is 199 cm³/mol. The van der Waals surface area contributed by atoms with Crippen molar-refractivity contribution in [2.75, 3.05) is 26.2 Å². The van der Waals surface area contributed by atoms with Gasteiger partial charge in [0.25, 0.3) is 0 Å². The summed E-state index contributed by atoms with van der Waals surface area (Å²) in [6.45, 7) is 7.32. The maximum absolute atomic E-state index is 14.5. The van der Waals surface area contributed by atoms with Crippen LogP contribution in [-0.2, 0) is 44.7 Å². The summed E-state index contributed by atoms with van der Waals surface area (Å²) in [6, 6.07) is -4.19. The van der Waals surface area contributed by atoms with E-state index in [9.17, 15) is 42.3 Å². The Labute approximate surface area is 326 Å². The molecule has 3 N–H and O–H groups in total. The zero-order valence-electron chi connectivity index (χ0n) is 32.6. The maximum Gasteiger partial charge on any atom is 0.328 e. The van der Waals surface area contributed by atoms with E-state index in [1.54, 1.807) is 6.08 Å². The van der Waals surface area contributed by atoms with E-state index in [1.807, 2.05) is 20.8 Å². The molecule has 0 saturated carbocycles. The van der Waals surface area contributed by atoms with Gasteiger partial charge in [0.15, 0.2) is 0 Å². The maximum atomic E-state index is 14.5. The van der Waals surface area contributed by atoms with E-state index in [2.05, 4.69) is 16.0 Å². The Morgan fingerprint density at radius 2 is 1.59 bits per heavy atom. The van der Waals surface area contributed by atoms with Gasteiger partial charge < -0.3 is 35.4 Å². The third-order valence-electron chi connectivity index (χ3n) is 11.1. The Morgan fingerprint density at radius 1 is 0.893 bits per heavy atom. The number of hydrogen-bond acceptors (Lipinski definition) is 8. The Balaban J connectivity index is 1.48. The van der Waals surface area contributed by atoms with Crippen LogP contribution in [0, 0.1) is 23.5 Å². The monoisotopic (exact) mass is 784 g/mol. The molecule has 56 heavy (non-hydrogen) atoms. The number of unbranched alkanes of at least 4 members (excludes halogenated alkanes) is 2. The van der Waals surface area contributed by atoms with Gasteiger partial charge in [-0.25, -0.2) is 13.6 Å². The molecule has 1 aromatic carbocycles. The number of piperidine rings is 1. The van der Waals surface area contributed by atoms with Crippen molar-refractivity contribution in [1.82, 2.24) is 30.7 Å². The van der Waals surface area contributed by atoms with Gasteiger partial charge in [0, 0.05) is 32.1 Å². The number of nitrogens with one attached hydrogen (secondary N) is 3. The molecule has 0 bridgehead atoms. The molecule has 1 aromatic rings. The first-order valence-electron chi connectivity index (χ1n) is 19.8. The van der Waals surface area contributed by atoms with E-state index >= 15 is 0 Å². The number of hydrogen-bond donors (Lipinski definition) is 3. The molecule has 14 nitrogen and oxygen atoms in total. The normalized spacial score (nSPS) is 28.4. The molecule has 0 aromatic heterocycles. The summed E-state index contributed by atoms with van der Waals surface area (Å²) < 4.78 is 34.1. The molecule has 0 unspecified atom stereocenters. The summed E-state index contributed by atoms with van der Waals surface area (Å²) in [6.07, 6.45) is 6.84. The number of allylic oxidation sites excluding steroid dienone is 1. The van der Waals surface area contributed by atoms with Crippen LogP contribution in [-0.4, -0.2) is 119 Å². The molecule has 4 aliphatic heterocycles. The molecule has 4 saturated heterocycles. The number of carbonyl (C=O) groups is 7. The fourth-order valence-electron chi connectivity index (χ4n) is 8.08. The van der Waals surface area contributed by atoms with Crippen LogP contribution >= 0.6 is 0 Å². The predicted octanol–water partition coefficient (Wildman–Crippen LogP) is 2.14. The fraction of sp³-hybridized carbons (Fsp3) is 0.625. The summed E-state index contributed by atoms with van der Waals surface area (Å²) in [4.78, 5) is 101. The quantitative estimate of drug-likeness (QED) is 0.194. The van der Waals surface area contributed by atoms with Crippen LogP contribution in [0.25, 0.3) is 0 Å². The third kappa shape index (κ3) is 10.3. The molecule has 8 atom stereocenters. The minimum absolute atomic E-state index is 0.0580. The number of nitrogens with zero attached hydrogens (tertiary/aromatic N) is 3. The summed E-state index contributed by atoms with van der Waals surface area (Å²) in [7, 11) is 0. The van der Waals surface area contributed by atoms with Crippen LogP contribution in [0.5, 0.6) is 0 Å². The average Bonchev–Trinajstić information content (AvgIpc) is 3.80. The van der Waals surface area contributed by atoms with E-state index < -0.39 is 95.9 Å². The number of esters is 1. The van der Waals surface area contributed by atoms with Gasteiger partial charge in [-0.1, -0.05) is 39.7 Å². The molecule has 4 fully saturated rings. The van der Waals surface area contributed by atoms with Crippen molar-refractivity contribution in [3.05, 3.63) is 47.5 Å². The molecule has 5 rings (SSSR count). The minimum atomic E-state index is -1.56. The number of rotatable bonds is 9. The van der Waals surface area contributed by atoms with E-state index in [4.69, 9.17) is 4.74 Å². The van der Waals surface area contributed by atoms with Gasteiger partial charge >= 0.3 is 5.97 Å². The van der Waals surface area contributed by atoms with Gasteiger partial charge in [-0.2, -0.15) is 0 Å². The van der Waals surface area contributed by atoms with Gasteiger partial charge in [0.2, 0.25) is 35.4 Å². The van der Waals surface area contributed by atoms with E-state index in [0.29, 0.717) is 31.7 Å². The number of carbonyl (C=O) groups excluding carboxylic acids is 7. The largest absolute Gasteiger partial charge is 0.461 e. The second-order valence-corrected chi connectivity index (χ2v) is 15.7. The highest BCUT2D eigenvalue weighted by Crippen LogP contribution is 2.29. The molecule has 0 radical (unpaired) electrons. The molecule has 0 aliphatic carbocycles. The van der Waals surface area contributed by atoms with Crippen LogP contribution < -0.4 is 16.0 Å². The first-order valence-corrected chi connectivity index (χ1v) is 19.8. The van der Waals surface area contributed by atoms with Gasteiger partial charge in [-0.05, 0) is 81.1 Å². The number of ether oxygens (including phenoxy) is 1. The number of amides is 6. The Bertz CT molecular complexity index is 1690. The molecular weight excluding hydrogens is 730 g/mol. The van der Waals surface area contributed by atoms with E-state index in [0.717, 1.165) is 25.0 Å². The van der Waals surface area contributed by atoms with Crippen LogP contribution in [0.15, 0.2) is 30.4 Å². The Hall–Kier alpha value is -4.89. The Morgan fingerprint density at radius 3 is 2.30 bits per heavy atom. The third-order valence-corrected chi connectivity index (χ3v) is 11.1. The summed E-state index contributed by atoms with van der Waals surface area (Å²) in [5, 5.41) is 7.95. The SMILES string of the molecule is CCCC/C=C/C(=O)N[C@@H](Cc1cc(F)cc(F)c1)C(=O)N[C@H]1COC(=O)[C@@H]2C[C@@H](C)CN2C(=O)[C@H](C)NC(=O)[C@@H]2C[C@@H](C)CCN2C(=O)[C@@H]2CCCN2C1=O. The smallest absolute Gasteiger partial charge is 0.328 e. The van der Waals surface area contributed by atoms with Crippen molar-refractivity contribution in [2.45, 2.75) is 122 Å². The van der Waals surface area contributed by atoms with Gasteiger partial charge in [0.05, 0.1) is 0 Å². The van der Waals surface area contributed by atoms with Crippen molar-refractivity contribution in [1.29, 1.82) is 0 Å². The zero-order valence-corrected chi connectivity index (χ0v) is 32.6. The molecule has 4 heterocycles. The lowest BCUT2D eigenvalue weighted by Gasteiger charge is -2.41. The Kier molecular flexibility index (Phi) is 14.2. The van der Waals surface area contributed by atoms with Gasteiger partial charge in [0.1, 0.15) is 54.5 Å². The van der Waals surface area contributed by atoms with Crippen molar-refractivity contribution in [3.8, 4) is 0 Å². The van der Waals surface area contributed by atoms with Crippen molar-refractivity contribution < 1.29 is 47.1 Å². The van der Waals surface area contributed by atoms with Crippen LogP contribution in [0.2, 0.25) is 0 Å². The summed E-state index contributed by atoms with van der Waals surface area (Å²) >= 11 is 0. The van der Waals surface area contributed by atoms with E-state index in [1.165, 1.54) is 27.7 Å². The average molecular weight is 785 g/mol. The van der Waals surface area contributed by atoms with Crippen LogP contribution in [0.1, 0.15) is 84.6 Å². The van der Waals surface area contributed by atoms with Gasteiger partial charge in [-0.15, -0.1) is 0 Å². The zero-order chi connectivity index (χ0) is 40.7. The van der Waals surface area contributed by atoms with Crippen molar-refractivity contribution >= 4 is 41.4 Å². The second kappa shape index (κ2) is 18.8. The minimum Gasteiger partial charge on any atom is -0.461 e. The standard InChI is InChI=1S/C40H54F2N6O8/c1-5-6-7-8-11-34(49)44-29(19-26-17-27(41)20-28(42)18-26)35(50)45-30-22-56-40(55)33-16-24(3)21-48(33)37(52)25(4)43-36(51)32-15-23(2)12-14-47(32)39(54)31-10-9-13-46(31)38(30)53/h8,11,17-18,20,23-25,29-33H,5-7,9-10,12-16,19,21-22H2,1-4H3,(H,43,51)(H,44,49)(H,45,50)/b11-8+/t23-,24+,25-,29-,30-,31-,32-,33-/m0/s1. The lowest BCUT2D eigenvalue weighted by atomic mass is 9.91. The number of benzene rings is 1. The highest BCUT2D eigenvalue weighted by molar-refractivity contribution is 5.98. The first-order chi connectivity index (χ1) is 26.7. The number of halogens is 2. The first kappa shape index (κ1) is 42.3. The molecule has 4 aliphatic rings. The van der Waals surface area contributed by atoms with Crippen LogP contribution in [0.4, 0.5) is 8.78 Å². The van der Waals surface area contributed by atoms with Crippen LogP contribution in [0.3, 0.4) is 0 Å². The van der Waals surface area contributed by atoms with Gasteiger partial charge in [-0.3, -0.25) is 28.8 Å². The number of cyclic esters (lactones) is 1. The summed E-state index contributed by atoms with van der Waals surface area (Å²) in [5.41, 5.74) is 0.0580. The van der Waals surface area contributed by atoms with Crippen molar-refractivity contribution in [2.24, 2.45) is 11.8 Å². The molecule has 6 amide bonds. The highest BCUT2D eigenvalue weighted by Gasteiger charge is 2.46. The highest BCUT2D eigenvalue weighted by atomic mass is 19.1.